The van der Waals surface area contributed by atoms with Crippen LogP contribution in [0.3, 0.4) is 0 Å². The van der Waals surface area contributed by atoms with E-state index in [2.05, 4.69) is 26.1 Å². The van der Waals surface area contributed by atoms with E-state index >= 15 is 0 Å². The Hall–Kier alpha value is -2.48. The molecule has 1 amide bonds. The van der Waals surface area contributed by atoms with Crippen molar-refractivity contribution < 1.29 is 22.0 Å². The fourth-order valence-electron chi connectivity index (χ4n) is 2.84. The van der Waals surface area contributed by atoms with Crippen molar-refractivity contribution >= 4 is 21.6 Å². The van der Waals surface area contributed by atoms with E-state index < -0.39 is 34.1 Å². The molecule has 1 atom stereocenters. The average Bonchev–Trinajstić information content (AvgIpc) is 2.58. The minimum atomic E-state index is -3.96. The number of hydrogen-bond acceptors (Lipinski definition) is 3. The van der Waals surface area contributed by atoms with E-state index in [0.717, 1.165) is 29.5 Å². The maximum Gasteiger partial charge on any atom is 0.241 e. The molecule has 0 radical (unpaired) electrons. The van der Waals surface area contributed by atoms with Gasteiger partial charge in [0.25, 0.3) is 0 Å². The fraction of sp³-hybridized carbons (Fsp3) is 0.381. The highest BCUT2D eigenvalue weighted by molar-refractivity contribution is 7.92. The lowest BCUT2D eigenvalue weighted by atomic mass is 9.86. The van der Waals surface area contributed by atoms with Crippen molar-refractivity contribution in [2.75, 3.05) is 17.1 Å². The first-order valence-corrected chi connectivity index (χ1v) is 11.0. The number of amides is 1. The lowest BCUT2D eigenvalue weighted by Crippen LogP contribution is -2.41. The maximum absolute atomic E-state index is 14.1. The Kier molecular flexibility index (Phi) is 6.67. The summed E-state index contributed by atoms with van der Waals surface area (Å²) in [5, 5.41) is 2.72. The minimum Gasteiger partial charge on any atom is -0.348 e. The topological polar surface area (TPSA) is 66.5 Å². The number of nitrogens with one attached hydrogen (secondary N) is 1. The Balaban J connectivity index is 2.16. The van der Waals surface area contributed by atoms with Crippen molar-refractivity contribution in [3.8, 4) is 0 Å². The molecule has 0 fully saturated rings. The standard InChI is InChI=1S/C21H26F2N2O3S/c1-14(15-6-8-16(9-7-15)21(2,3)4)24-20(26)13-25(29(5,27)28)19-11-10-17(22)12-18(19)23/h6-12,14H,13H2,1-5H3,(H,24,26). The molecule has 0 spiro atoms. The molecule has 0 aliphatic rings. The van der Waals surface area contributed by atoms with Crippen molar-refractivity contribution in [2.45, 2.75) is 39.2 Å². The van der Waals surface area contributed by atoms with Crippen LogP contribution < -0.4 is 9.62 Å². The summed E-state index contributed by atoms with van der Waals surface area (Å²) < 4.78 is 52.0. The third kappa shape index (κ3) is 6.00. The molecule has 0 heterocycles. The number of carbonyl (C=O) groups excluding carboxylic acids is 1. The smallest absolute Gasteiger partial charge is 0.241 e. The van der Waals surface area contributed by atoms with E-state index in [4.69, 9.17) is 0 Å². The third-order valence-electron chi connectivity index (χ3n) is 4.52. The summed E-state index contributed by atoms with van der Waals surface area (Å²) >= 11 is 0. The minimum absolute atomic E-state index is 0.000232. The van der Waals surface area contributed by atoms with Crippen LogP contribution >= 0.6 is 0 Å². The quantitative estimate of drug-likeness (QED) is 0.765. The zero-order valence-corrected chi connectivity index (χ0v) is 18.0. The second-order valence-electron chi connectivity index (χ2n) is 8.03. The first-order chi connectivity index (χ1) is 13.3. The summed E-state index contributed by atoms with van der Waals surface area (Å²) in [6.45, 7) is 7.45. The van der Waals surface area contributed by atoms with Gasteiger partial charge >= 0.3 is 0 Å². The van der Waals surface area contributed by atoms with Crippen molar-refractivity contribution in [1.29, 1.82) is 0 Å². The molecule has 2 aromatic carbocycles. The van der Waals surface area contributed by atoms with Crippen molar-refractivity contribution in [3.63, 3.8) is 0 Å². The number of benzene rings is 2. The average molecular weight is 425 g/mol. The van der Waals surface area contributed by atoms with E-state index in [1.807, 2.05) is 24.3 Å². The molecule has 8 heteroatoms. The third-order valence-corrected chi connectivity index (χ3v) is 5.65. The molecular weight excluding hydrogens is 398 g/mol. The molecule has 0 aliphatic heterocycles. The largest absolute Gasteiger partial charge is 0.348 e. The van der Waals surface area contributed by atoms with Gasteiger partial charge in [-0.05, 0) is 35.6 Å². The summed E-state index contributed by atoms with van der Waals surface area (Å²) in [5.74, 6) is -2.50. The Morgan fingerprint density at radius 1 is 1.10 bits per heavy atom. The summed E-state index contributed by atoms with van der Waals surface area (Å²) in [6.07, 6.45) is 0.859. The summed E-state index contributed by atoms with van der Waals surface area (Å²) in [5.41, 5.74) is 1.62. The van der Waals surface area contributed by atoms with Crippen LogP contribution in [0.1, 0.15) is 44.9 Å². The van der Waals surface area contributed by atoms with E-state index in [1.165, 1.54) is 0 Å². The summed E-state index contributed by atoms with van der Waals surface area (Å²) in [6, 6.07) is 9.89. The van der Waals surface area contributed by atoms with Crippen LogP contribution in [-0.4, -0.2) is 27.1 Å². The lowest BCUT2D eigenvalue weighted by molar-refractivity contribution is -0.120. The number of sulfonamides is 1. The molecule has 2 rings (SSSR count). The van der Waals surface area contributed by atoms with Crippen LogP contribution in [0.5, 0.6) is 0 Å². The predicted molar refractivity (Wildman–Crippen MR) is 110 cm³/mol. The van der Waals surface area contributed by atoms with E-state index in [-0.39, 0.29) is 17.1 Å². The molecule has 1 unspecified atom stereocenters. The number of anilines is 1. The van der Waals surface area contributed by atoms with Gasteiger partial charge in [0.2, 0.25) is 15.9 Å². The lowest BCUT2D eigenvalue weighted by Gasteiger charge is -2.24. The number of halogens is 2. The number of nitrogens with zero attached hydrogens (tertiary/aromatic N) is 1. The van der Waals surface area contributed by atoms with Crippen LogP contribution in [0, 0.1) is 11.6 Å². The van der Waals surface area contributed by atoms with E-state index in [1.54, 1.807) is 6.92 Å². The molecule has 0 saturated heterocycles. The van der Waals surface area contributed by atoms with Crippen molar-refractivity contribution in [2.24, 2.45) is 0 Å². The number of carbonyl (C=O) groups is 1. The number of rotatable bonds is 6. The zero-order chi connectivity index (χ0) is 22.0. The molecule has 5 nitrogen and oxygen atoms in total. The molecule has 0 aliphatic carbocycles. The van der Waals surface area contributed by atoms with Crippen molar-refractivity contribution in [1.82, 2.24) is 5.32 Å². The van der Waals surface area contributed by atoms with Crippen LogP contribution in [0.15, 0.2) is 42.5 Å². The zero-order valence-electron chi connectivity index (χ0n) is 17.2. The highest BCUT2D eigenvalue weighted by atomic mass is 32.2. The molecular formula is C21H26F2N2O3S. The molecule has 158 valence electrons. The second kappa shape index (κ2) is 8.49. The van der Waals surface area contributed by atoms with Gasteiger partial charge in [-0.1, -0.05) is 45.0 Å². The van der Waals surface area contributed by atoms with Gasteiger partial charge in [-0.2, -0.15) is 0 Å². The van der Waals surface area contributed by atoms with Gasteiger partial charge in [-0.15, -0.1) is 0 Å². The van der Waals surface area contributed by atoms with E-state index in [0.29, 0.717) is 10.4 Å². The van der Waals surface area contributed by atoms with Gasteiger partial charge in [0.1, 0.15) is 18.2 Å². The van der Waals surface area contributed by atoms with Gasteiger partial charge in [0.05, 0.1) is 18.0 Å². The Morgan fingerprint density at radius 2 is 1.69 bits per heavy atom. The Morgan fingerprint density at radius 3 is 2.17 bits per heavy atom. The molecule has 29 heavy (non-hydrogen) atoms. The summed E-state index contributed by atoms with van der Waals surface area (Å²) in [4.78, 5) is 12.4. The highest BCUT2D eigenvalue weighted by Crippen LogP contribution is 2.25. The fourth-order valence-corrected chi connectivity index (χ4v) is 3.69. The van der Waals surface area contributed by atoms with Crippen LogP contribution in [-0.2, 0) is 20.2 Å². The van der Waals surface area contributed by atoms with Gasteiger partial charge in [-0.25, -0.2) is 17.2 Å². The maximum atomic E-state index is 14.1. The van der Waals surface area contributed by atoms with Crippen LogP contribution in [0.4, 0.5) is 14.5 Å². The monoisotopic (exact) mass is 424 g/mol. The Labute approximate surface area is 170 Å². The summed E-state index contributed by atoms with van der Waals surface area (Å²) in [7, 11) is -3.96. The first kappa shape index (κ1) is 22.8. The Bertz CT molecular complexity index is 984. The van der Waals surface area contributed by atoms with Gasteiger partial charge in [0.15, 0.2) is 0 Å². The van der Waals surface area contributed by atoms with E-state index in [9.17, 15) is 22.0 Å². The van der Waals surface area contributed by atoms with Gasteiger partial charge < -0.3 is 5.32 Å². The second-order valence-corrected chi connectivity index (χ2v) is 9.93. The highest BCUT2D eigenvalue weighted by Gasteiger charge is 2.25. The molecule has 1 N–H and O–H groups in total. The SMILES string of the molecule is CC(NC(=O)CN(c1ccc(F)cc1F)S(C)(=O)=O)c1ccc(C(C)(C)C)cc1. The molecule has 2 aromatic rings. The van der Waals surface area contributed by atoms with Crippen molar-refractivity contribution in [3.05, 3.63) is 65.2 Å². The van der Waals surface area contributed by atoms with Gasteiger partial charge in [0, 0.05) is 6.07 Å². The molecule has 0 saturated carbocycles. The van der Waals surface area contributed by atoms with Gasteiger partial charge in [-0.3, -0.25) is 9.10 Å². The predicted octanol–water partition coefficient (Wildman–Crippen LogP) is 3.91. The molecule has 0 aromatic heterocycles. The normalized spacial score (nSPS) is 13.1. The number of hydrogen-bond donors (Lipinski definition) is 1. The molecule has 0 bridgehead atoms. The van der Waals surface area contributed by atoms with Crippen LogP contribution in [0.25, 0.3) is 0 Å². The first-order valence-electron chi connectivity index (χ1n) is 9.11. The van der Waals surface area contributed by atoms with Crippen LogP contribution in [0.2, 0.25) is 0 Å².